The van der Waals surface area contributed by atoms with Gasteiger partial charge in [0, 0.05) is 16.8 Å². The lowest BCUT2D eigenvalue weighted by Crippen LogP contribution is -2.40. The minimum atomic E-state index is -0.855. The Morgan fingerprint density at radius 2 is 1.47 bits per heavy atom. The van der Waals surface area contributed by atoms with Crippen LogP contribution in [0.3, 0.4) is 0 Å². The van der Waals surface area contributed by atoms with Gasteiger partial charge in [0.15, 0.2) is 17.7 Å². The number of fused-ring (bicyclic) bond motifs is 1. The number of aromatic hydroxyl groups is 1. The van der Waals surface area contributed by atoms with Crippen LogP contribution in [0.4, 0.5) is 5.69 Å². The van der Waals surface area contributed by atoms with Gasteiger partial charge < -0.3 is 19.9 Å². The molecule has 0 spiro atoms. The van der Waals surface area contributed by atoms with Gasteiger partial charge in [-0.1, -0.05) is 90.5 Å². The van der Waals surface area contributed by atoms with Crippen LogP contribution in [-0.2, 0) is 10.3 Å². The highest BCUT2D eigenvalue weighted by Gasteiger charge is 2.45. The molecule has 1 atom stereocenters. The molecule has 0 bridgehead atoms. The first-order chi connectivity index (χ1) is 15.6. The maximum Gasteiger partial charge on any atom is 0.176 e. The van der Waals surface area contributed by atoms with Crippen molar-refractivity contribution in [1.29, 1.82) is 0 Å². The van der Waals surface area contributed by atoms with Gasteiger partial charge >= 0.3 is 0 Å². The van der Waals surface area contributed by atoms with Crippen molar-refractivity contribution >= 4 is 17.3 Å². The van der Waals surface area contributed by atoms with Gasteiger partial charge in [0.1, 0.15) is 5.60 Å². The first-order valence-corrected chi connectivity index (χ1v) is 10.7. The number of phenolic OH excluding ortho intramolecular Hbond substituents is 1. The van der Waals surface area contributed by atoms with Gasteiger partial charge in [-0.2, -0.15) is 0 Å². The molecule has 2 N–H and O–H groups in total. The average molecular weight is 444 g/mol. The van der Waals surface area contributed by atoms with Crippen molar-refractivity contribution in [2.24, 2.45) is 0 Å². The molecular formula is C27H22ClNO3. The Morgan fingerprint density at radius 3 is 2.09 bits per heavy atom. The molecule has 0 aromatic heterocycles. The van der Waals surface area contributed by atoms with E-state index in [9.17, 15) is 5.11 Å². The highest BCUT2D eigenvalue weighted by molar-refractivity contribution is 6.32. The molecule has 1 heterocycles. The van der Waals surface area contributed by atoms with Crippen LogP contribution in [0.25, 0.3) is 0 Å². The topological polar surface area (TPSA) is 50.7 Å². The first kappa shape index (κ1) is 20.4. The number of hydrogen-bond acceptors (Lipinski definition) is 4. The van der Waals surface area contributed by atoms with Crippen molar-refractivity contribution < 1.29 is 14.6 Å². The van der Waals surface area contributed by atoms with E-state index in [0.717, 1.165) is 27.9 Å². The quantitative estimate of drug-likeness (QED) is 0.378. The number of rotatable bonds is 4. The molecule has 0 radical (unpaired) electrons. The van der Waals surface area contributed by atoms with E-state index in [-0.39, 0.29) is 10.8 Å². The van der Waals surface area contributed by atoms with Crippen LogP contribution in [0.2, 0.25) is 5.02 Å². The minimum absolute atomic E-state index is 0.0912. The molecule has 4 aromatic rings. The standard InChI is InChI=1S/C27H22ClNO3/c1-31-24-17-18(16-22(28)25(24)30)26-29-23-15-9-8-14-21(23)27(32-26,19-10-4-2-5-11-19)20-12-6-3-7-13-20/h2-17,26,29-30H,1H3/t26-/m0/s1. The van der Waals surface area contributed by atoms with Gasteiger partial charge in [-0.15, -0.1) is 0 Å². The fraction of sp³-hybridized carbons (Fsp3) is 0.111. The van der Waals surface area contributed by atoms with Crippen LogP contribution in [0.15, 0.2) is 97.1 Å². The molecule has 0 amide bonds. The number of benzene rings is 4. The number of anilines is 1. The van der Waals surface area contributed by atoms with Gasteiger partial charge in [-0.25, -0.2) is 0 Å². The summed E-state index contributed by atoms with van der Waals surface area (Å²) in [6.07, 6.45) is -0.544. The van der Waals surface area contributed by atoms with Crippen LogP contribution >= 0.6 is 11.6 Å². The molecule has 0 aliphatic carbocycles. The molecule has 32 heavy (non-hydrogen) atoms. The minimum Gasteiger partial charge on any atom is -0.503 e. The van der Waals surface area contributed by atoms with E-state index in [1.807, 2.05) is 54.6 Å². The molecule has 1 aliphatic rings. The van der Waals surface area contributed by atoms with Gasteiger partial charge in [0.05, 0.1) is 12.1 Å². The molecule has 5 rings (SSSR count). The summed E-state index contributed by atoms with van der Waals surface area (Å²) < 4.78 is 12.3. The number of methoxy groups -OCH3 is 1. The Labute approximate surface area is 192 Å². The second kappa shape index (κ2) is 8.23. The number of para-hydroxylation sites is 1. The van der Waals surface area contributed by atoms with Crippen molar-refractivity contribution in [3.63, 3.8) is 0 Å². The molecule has 0 fully saturated rings. The molecule has 160 valence electrons. The van der Waals surface area contributed by atoms with E-state index in [2.05, 4.69) is 35.6 Å². The fourth-order valence-corrected chi connectivity index (χ4v) is 4.56. The molecule has 1 aliphatic heterocycles. The lowest BCUT2D eigenvalue weighted by atomic mass is 9.78. The Bertz CT molecular complexity index is 1200. The molecule has 0 saturated heterocycles. The zero-order chi connectivity index (χ0) is 22.1. The van der Waals surface area contributed by atoms with Crippen LogP contribution < -0.4 is 10.1 Å². The molecular weight excluding hydrogens is 422 g/mol. The summed E-state index contributed by atoms with van der Waals surface area (Å²) in [5.41, 5.74) is 3.90. The van der Waals surface area contributed by atoms with Gasteiger partial charge in [0.2, 0.25) is 0 Å². The van der Waals surface area contributed by atoms with Crippen LogP contribution in [0.5, 0.6) is 11.5 Å². The van der Waals surface area contributed by atoms with Crippen LogP contribution in [0.1, 0.15) is 28.5 Å². The second-order valence-electron chi connectivity index (χ2n) is 7.65. The van der Waals surface area contributed by atoms with E-state index < -0.39 is 11.8 Å². The van der Waals surface area contributed by atoms with Crippen molar-refractivity contribution in [1.82, 2.24) is 0 Å². The summed E-state index contributed by atoms with van der Waals surface area (Å²) in [5, 5.41) is 13.9. The van der Waals surface area contributed by atoms with Crippen molar-refractivity contribution in [3.05, 3.63) is 124 Å². The molecule has 0 unspecified atom stereocenters. The number of halogens is 1. The third-order valence-electron chi connectivity index (χ3n) is 5.82. The molecule has 4 aromatic carbocycles. The number of nitrogens with one attached hydrogen (secondary N) is 1. The largest absolute Gasteiger partial charge is 0.503 e. The van der Waals surface area contributed by atoms with E-state index in [1.165, 1.54) is 7.11 Å². The lowest BCUT2D eigenvalue weighted by Gasteiger charge is -2.44. The number of hydrogen-bond donors (Lipinski definition) is 2. The SMILES string of the molecule is COc1cc([C@H]2Nc3ccccc3C(c3ccccc3)(c3ccccc3)O2)cc(Cl)c1O. The van der Waals surface area contributed by atoms with Crippen molar-refractivity contribution in [2.75, 3.05) is 12.4 Å². The normalized spacial score (nSPS) is 16.6. The molecule has 5 heteroatoms. The summed E-state index contributed by atoms with van der Waals surface area (Å²) in [6, 6.07) is 32.0. The Balaban J connectivity index is 1.76. The summed E-state index contributed by atoms with van der Waals surface area (Å²) in [6.45, 7) is 0. The third kappa shape index (κ3) is 3.29. The van der Waals surface area contributed by atoms with Gasteiger partial charge in [-0.05, 0) is 29.3 Å². The zero-order valence-corrected chi connectivity index (χ0v) is 18.2. The summed E-state index contributed by atoms with van der Waals surface area (Å²) >= 11 is 6.31. The predicted molar refractivity (Wildman–Crippen MR) is 126 cm³/mol. The van der Waals surface area contributed by atoms with E-state index >= 15 is 0 Å². The fourth-order valence-electron chi connectivity index (χ4n) is 4.34. The zero-order valence-electron chi connectivity index (χ0n) is 17.5. The van der Waals surface area contributed by atoms with Gasteiger partial charge in [0.25, 0.3) is 0 Å². The van der Waals surface area contributed by atoms with E-state index in [0.29, 0.717) is 5.75 Å². The monoisotopic (exact) mass is 443 g/mol. The van der Waals surface area contributed by atoms with Crippen molar-refractivity contribution in [3.8, 4) is 11.5 Å². The van der Waals surface area contributed by atoms with Crippen LogP contribution in [0, 0.1) is 0 Å². The lowest BCUT2D eigenvalue weighted by molar-refractivity contribution is -0.0433. The third-order valence-corrected chi connectivity index (χ3v) is 6.11. The smallest absolute Gasteiger partial charge is 0.176 e. The van der Waals surface area contributed by atoms with Crippen molar-refractivity contribution in [2.45, 2.75) is 11.8 Å². The summed E-state index contributed by atoms with van der Waals surface area (Å²) in [4.78, 5) is 0. The first-order valence-electron chi connectivity index (χ1n) is 10.3. The van der Waals surface area contributed by atoms with Crippen LogP contribution in [-0.4, -0.2) is 12.2 Å². The molecule has 0 saturated carbocycles. The summed E-state index contributed by atoms with van der Waals surface area (Å²) in [7, 11) is 1.50. The van der Waals surface area contributed by atoms with E-state index in [4.69, 9.17) is 21.1 Å². The second-order valence-corrected chi connectivity index (χ2v) is 8.06. The van der Waals surface area contributed by atoms with E-state index in [1.54, 1.807) is 12.1 Å². The molecule has 4 nitrogen and oxygen atoms in total. The maximum absolute atomic E-state index is 10.2. The maximum atomic E-state index is 10.2. The number of ether oxygens (including phenoxy) is 2. The Morgan fingerprint density at radius 1 is 0.875 bits per heavy atom. The highest BCUT2D eigenvalue weighted by Crippen LogP contribution is 2.51. The average Bonchev–Trinajstić information content (AvgIpc) is 2.86. The Hall–Kier alpha value is -3.47. The van der Waals surface area contributed by atoms with Gasteiger partial charge in [-0.3, -0.25) is 0 Å². The Kier molecular flexibility index (Phi) is 5.25. The predicted octanol–water partition coefficient (Wildman–Crippen LogP) is 6.49. The summed E-state index contributed by atoms with van der Waals surface area (Å²) in [5.74, 6) is 0.202. The highest BCUT2D eigenvalue weighted by atomic mass is 35.5. The number of phenols is 1.